The van der Waals surface area contributed by atoms with Gasteiger partial charge in [0.05, 0.1) is 11.4 Å². The number of halogens is 1. The number of carbonyl (C=O) groups is 1. The summed E-state index contributed by atoms with van der Waals surface area (Å²) in [6.45, 7) is 6.35. The Hall–Kier alpha value is -3.46. The lowest BCUT2D eigenvalue weighted by Gasteiger charge is -2.10. The lowest BCUT2D eigenvalue weighted by Crippen LogP contribution is -2.24. The predicted octanol–water partition coefficient (Wildman–Crippen LogP) is 4.43. The Kier molecular flexibility index (Phi) is 6.88. The van der Waals surface area contributed by atoms with Crippen LogP contribution >= 0.6 is 11.8 Å². The number of nitrogens with one attached hydrogen (secondary N) is 1. The SMILES string of the molecule is Cc1nccn1-c1ccc(CNC(=O)CSc2nncn2-c2ccc(C(C)C)cc2)cc1F. The van der Waals surface area contributed by atoms with Crippen LogP contribution in [-0.4, -0.2) is 36.0 Å². The molecule has 0 spiro atoms. The monoisotopic (exact) mass is 464 g/mol. The number of hydrogen-bond acceptors (Lipinski definition) is 5. The first-order chi connectivity index (χ1) is 15.9. The number of amides is 1. The summed E-state index contributed by atoms with van der Waals surface area (Å²) in [4.78, 5) is 16.5. The lowest BCUT2D eigenvalue weighted by molar-refractivity contribution is -0.118. The molecular formula is C24H25FN6OS. The third-order valence-electron chi connectivity index (χ3n) is 5.27. The molecule has 2 heterocycles. The van der Waals surface area contributed by atoms with Gasteiger partial charge < -0.3 is 9.88 Å². The molecule has 4 aromatic rings. The molecule has 1 N–H and O–H groups in total. The van der Waals surface area contributed by atoms with Gasteiger partial charge in [0.2, 0.25) is 5.91 Å². The maximum Gasteiger partial charge on any atom is 0.230 e. The minimum atomic E-state index is -0.367. The maximum absolute atomic E-state index is 14.5. The molecule has 0 saturated carbocycles. The van der Waals surface area contributed by atoms with Crippen molar-refractivity contribution in [2.24, 2.45) is 0 Å². The molecule has 0 bridgehead atoms. The second-order valence-corrected chi connectivity index (χ2v) is 8.87. The third kappa shape index (κ3) is 5.31. The van der Waals surface area contributed by atoms with Crippen molar-refractivity contribution < 1.29 is 9.18 Å². The van der Waals surface area contributed by atoms with Crippen LogP contribution in [0, 0.1) is 12.7 Å². The zero-order valence-corrected chi connectivity index (χ0v) is 19.5. The number of thioether (sulfide) groups is 1. The standard InChI is InChI=1S/C24H25FN6OS/c1-16(2)19-5-7-20(8-6-19)31-15-28-29-24(31)33-14-23(32)27-13-18-4-9-22(21(25)12-18)30-11-10-26-17(30)3/h4-12,15-16H,13-14H2,1-3H3,(H,27,32). The summed E-state index contributed by atoms with van der Waals surface area (Å²) in [5.74, 6) is 0.804. The first-order valence-electron chi connectivity index (χ1n) is 10.6. The minimum Gasteiger partial charge on any atom is -0.351 e. The minimum absolute atomic E-state index is 0.167. The Labute approximate surface area is 196 Å². The summed E-state index contributed by atoms with van der Waals surface area (Å²) >= 11 is 1.30. The van der Waals surface area contributed by atoms with Gasteiger partial charge in [0.1, 0.15) is 18.0 Å². The molecule has 0 saturated heterocycles. The van der Waals surface area contributed by atoms with E-state index in [-0.39, 0.29) is 24.0 Å². The second kappa shape index (κ2) is 9.99. The Morgan fingerprint density at radius 1 is 1.15 bits per heavy atom. The van der Waals surface area contributed by atoms with Gasteiger partial charge in [0.25, 0.3) is 0 Å². The normalized spacial score (nSPS) is 11.2. The molecule has 4 rings (SSSR count). The highest BCUT2D eigenvalue weighted by molar-refractivity contribution is 7.99. The van der Waals surface area contributed by atoms with E-state index in [2.05, 4.69) is 46.5 Å². The van der Waals surface area contributed by atoms with Crippen LogP contribution in [0.4, 0.5) is 4.39 Å². The Morgan fingerprint density at radius 3 is 2.61 bits per heavy atom. The van der Waals surface area contributed by atoms with Gasteiger partial charge in [-0.1, -0.05) is 43.8 Å². The number of aromatic nitrogens is 5. The van der Waals surface area contributed by atoms with Crippen molar-refractivity contribution in [3.63, 3.8) is 0 Å². The lowest BCUT2D eigenvalue weighted by atomic mass is 10.0. The Bertz CT molecular complexity index is 1250. The van der Waals surface area contributed by atoms with Gasteiger partial charge in [-0.25, -0.2) is 9.37 Å². The number of aryl methyl sites for hydroxylation is 1. The van der Waals surface area contributed by atoms with Crippen LogP contribution in [0.5, 0.6) is 0 Å². The topological polar surface area (TPSA) is 77.6 Å². The van der Waals surface area contributed by atoms with Crippen molar-refractivity contribution in [3.8, 4) is 11.4 Å². The van der Waals surface area contributed by atoms with Gasteiger partial charge in [-0.15, -0.1) is 10.2 Å². The highest BCUT2D eigenvalue weighted by atomic mass is 32.2. The molecule has 0 radical (unpaired) electrons. The van der Waals surface area contributed by atoms with E-state index in [9.17, 15) is 9.18 Å². The van der Waals surface area contributed by atoms with Crippen LogP contribution in [0.1, 0.15) is 36.7 Å². The largest absolute Gasteiger partial charge is 0.351 e. The van der Waals surface area contributed by atoms with Gasteiger partial charge in [0.15, 0.2) is 5.16 Å². The fourth-order valence-corrected chi connectivity index (χ4v) is 4.15. The van der Waals surface area contributed by atoms with E-state index >= 15 is 0 Å². The van der Waals surface area contributed by atoms with Crippen LogP contribution in [0.25, 0.3) is 11.4 Å². The fourth-order valence-electron chi connectivity index (χ4n) is 3.39. The summed E-state index contributed by atoms with van der Waals surface area (Å²) in [5, 5.41) is 11.6. The fraction of sp³-hybridized carbons (Fsp3) is 0.250. The summed E-state index contributed by atoms with van der Waals surface area (Å²) in [6.07, 6.45) is 4.98. The quantitative estimate of drug-likeness (QED) is 0.390. The van der Waals surface area contributed by atoms with Crippen molar-refractivity contribution in [2.45, 2.75) is 38.4 Å². The summed E-state index contributed by atoms with van der Waals surface area (Å²) in [7, 11) is 0. The zero-order valence-electron chi connectivity index (χ0n) is 18.7. The molecule has 1 amide bonds. The van der Waals surface area contributed by atoms with Gasteiger partial charge in [-0.2, -0.15) is 0 Å². The van der Waals surface area contributed by atoms with E-state index in [4.69, 9.17) is 0 Å². The molecule has 7 nitrogen and oxygen atoms in total. The third-order valence-corrected chi connectivity index (χ3v) is 6.22. The highest BCUT2D eigenvalue weighted by Gasteiger charge is 2.12. The van der Waals surface area contributed by atoms with Crippen molar-refractivity contribution in [3.05, 3.63) is 84.0 Å². The number of hydrogen-bond donors (Lipinski definition) is 1. The average molecular weight is 465 g/mol. The van der Waals surface area contributed by atoms with Gasteiger partial charge in [0, 0.05) is 24.6 Å². The molecule has 0 fully saturated rings. The molecule has 33 heavy (non-hydrogen) atoms. The number of nitrogens with zero attached hydrogens (tertiary/aromatic N) is 5. The van der Waals surface area contributed by atoms with E-state index in [1.54, 1.807) is 35.4 Å². The number of benzene rings is 2. The molecule has 0 atom stereocenters. The molecule has 0 aliphatic heterocycles. The van der Waals surface area contributed by atoms with Crippen molar-refractivity contribution in [2.75, 3.05) is 5.75 Å². The van der Waals surface area contributed by atoms with Crippen molar-refractivity contribution >= 4 is 17.7 Å². The van der Waals surface area contributed by atoms with Crippen LogP contribution in [0.2, 0.25) is 0 Å². The number of carbonyl (C=O) groups excluding carboxylic acids is 1. The van der Waals surface area contributed by atoms with E-state index in [1.165, 1.54) is 23.4 Å². The molecule has 0 aliphatic rings. The molecule has 2 aromatic heterocycles. The average Bonchev–Trinajstić information content (AvgIpc) is 3.45. The van der Waals surface area contributed by atoms with E-state index < -0.39 is 0 Å². The first-order valence-corrected chi connectivity index (χ1v) is 11.6. The molecule has 0 aliphatic carbocycles. The summed E-state index contributed by atoms with van der Waals surface area (Å²) < 4.78 is 18.1. The number of rotatable bonds is 8. The van der Waals surface area contributed by atoms with Gasteiger partial charge in [-0.3, -0.25) is 9.36 Å². The summed E-state index contributed by atoms with van der Waals surface area (Å²) in [5.41, 5.74) is 3.30. The molecular weight excluding hydrogens is 439 g/mol. The van der Waals surface area contributed by atoms with E-state index in [0.717, 1.165) is 5.69 Å². The number of imidazole rings is 1. The molecule has 170 valence electrons. The van der Waals surface area contributed by atoms with Crippen LogP contribution in [-0.2, 0) is 11.3 Å². The van der Waals surface area contributed by atoms with Crippen molar-refractivity contribution in [1.29, 1.82) is 0 Å². The zero-order chi connectivity index (χ0) is 23.4. The van der Waals surface area contributed by atoms with Crippen LogP contribution in [0.3, 0.4) is 0 Å². The highest BCUT2D eigenvalue weighted by Crippen LogP contribution is 2.22. The maximum atomic E-state index is 14.5. The molecule has 0 unspecified atom stereocenters. The van der Waals surface area contributed by atoms with Gasteiger partial charge >= 0.3 is 0 Å². The molecule has 2 aromatic carbocycles. The second-order valence-electron chi connectivity index (χ2n) is 7.93. The van der Waals surface area contributed by atoms with E-state index in [0.29, 0.717) is 28.1 Å². The van der Waals surface area contributed by atoms with Crippen LogP contribution < -0.4 is 5.32 Å². The Morgan fingerprint density at radius 2 is 1.94 bits per heavy atom. The smallest absolute Gasteiger partial charge is 0.230 e. The van der Waals surface area contributed by atoms with E-state index in [1.807, 2.05) is 23.6 Å². The summed E-state index contributed by atoms with van der Waals surface area (Å²) in [6, 6.07) is 13.1. The first kappa shape index (κ1) is 22.7. The predicted molar refractivity (Wildman–Crippen MR) is 126 cm³/mol. The Balaban J connectivity index is 1.33. The molecule has 9 heteroatoms. The van der Waals surface area contributed by atoms with Gasteiger partial charge in [-0.05, 0) is 48.2 Å². The van der Waals surface area contributed by atoms with Crippen LogP contribution in [0.15, 0.2) is 66.3 Å². The van der Waals surface area contributed by atoms with Crippen molar-refractivity contribution in [1.82, 2.24) is 29.6 Å².